The summed E-state index contributed by atoms with van der Waals surface area (Å²) in [5.41, 5.74) is 3.09. The van der Waals surface area contributed by atoms with Gasteiger partial charge in [-0.05, 0) is 42.9 Å². The highest BCUT2D eigenvalue weighted by Crippen LogP contribution is 2.21. The average Bonchev–Trinajstić information content (AvgIpc) is 2.39. The minimum absolute atomic E-state index is 0.707. The summed E-state index contributed by atoms with van der Waals surface area (Å²) in [4.78, 5) is 2.62. The lowest BCUT2D eigenvalue weighted by atomic mass is 9.93. The van der Waals surface area contributed by atoms with Crippen LogP contribution in [0.5, 0.6) is 0 Å². The summed E-state index contributed by atoms with van der Waals surface area (Å²) in [7, 11) is 0. The van der Waals surface area contributed by atoms with Crippen molar-refractivity contribution in [2.24, 2.45) is 5.92 Å². The maximum Gasteiger partial charge on any atom is 0.0237 e. The third kappa shape index (κ3) is 2.76. The maximum atomic E-state index is 3.68. The number of rotatable bonds is 2. The van der Waals surface area contributed by atoms with E-state index in [2.05, 4.69) is 41.4 Å². The van der Waals surface area contributed by atoms with Crippen molar-refractivity contribution in [2.75, 3.05) is 19.6 Å². The molecule has 2 nitrogen and oxygen atoms in total. The molecule has 0 amide bonds. The zero-order valence-electron chi connectivity index (χ0n) is 11.4. The highest BCUT2D eigenvalue weighted by atomic mass is 15.2. The highest BCUT2D eigenvalue weighted by molar-refractivity contribution is 5.29. The molecule has 1 aromatic carbocycles. The molecule has 1 saturated heterocycles. The van der Waals surface area contributed by atoms with Gasteiger partial charge in [0.2, 0.25) is 0 Å². The molecular weight excluding hydrogens is 220 g/mol. The molecule has 1 N–H and O–H groups in total. The van der Waals surface area contributed by atoms with Crippen LogP contribution in [0.4, 0.5) is 0 Å². The van der Waals surface area contributed by atoms with Gasteiger partial charge in [0.15, 0.2) is 0 Å². The number of nitrogens with zero attached hydrogens (tertiary/aromatic N) is 1. The molecule has 98 valence electrons. The predicted octanol–water partition coefficient (Wildman–Crippen LogP) is 2.43. The van der Waals surface area contributed by atoms with Gasteiger partial charge in [-0.3, -0.25) is 4.90 Å². The fourth-order valence-electron chi connectivity index (χ4n) is 3.38. The van der Waals surface area contributed by atoms with Gasteiger partial charge < -0.3 is 5.32 Å². The monoisotopic (exact) mass is 244 g/mol. The standard InChI is InChI=1S/C16H24N2/c1-13-6-8-17-16(10-13)12-18-9-7-14-4-2-3-5-15(14)11-18/h2-5,13,16-17H,6-12H2,1H3. The van der Waals surface area contributed by atoms with E-state index < -0.39 is 0 Å². The van der Waals surface area contributed by atoms with Crippen molar-refractivity contribution < 1.29 is 0 Å². The molecule has 0 bridgehead atoms. The first kappa shape index (κ1) is 12.2. The quantitative estimate of drug-likeness (QED) is 0.859. The number of benzene rings is 1. The van der Waals surface area contributed by atoms with Crippen LogP contribution in [-0.4, -0.2) is 30.6 Å². The minimum Gasteiger partial charge on any atom is -0.313 e. The van der Waals surface area contributed by atoms with Crippen LogP contribution in [0.3, 0.4) is 0 Å². The molecule has 1 aromatic rings. The minimum atomic E-state index is 0.707. The molecule has 3 rings (SSSR count). The van der Waals surface area contributed by atoms with Gasteiger partial charge in [0.05, 0.1) is 0 Å². The molecule has 18 heavy (non-hydrogen) atoms. The van der Waals surface area contributed by atoms with Gasteiger partial charge in [0, 0.05) is 25.7 Å². The Morgan fingerprint density at radius 2 is 2.11 bits per heavy atom. The molecule has 0 aliphatic carbocycles. The van der Waals surface area contributed by atoms with Gasteiger partial charge in [0.1, 0.15) is 0 Å². The third-order valence-electron chi connectivity index (χ3n) is 4.45. The van der Waals surface area contributed by atoms with E-state index in [1.54, 1.807) is 5.56 Å². The Bertz CT molecular complexity index is 402. The van der Waals surface area contributed by atoms with Crippen LogP contribution in [0.15, 0.2) is 24.3 Å². The topological polar surface area (TPSA) is 15.3 Å². The van der Waals surface area contributed by atoms with Crippen LogP contribution in [0, 0.1) is 5.92 Å². The second-order valence-corrected chi connectivity index (χ2v) is 6.03. The van der Waals surface area contributed by atoms with Crippen LogP contribution in [-0.2, 0) is 13.0 Å². The predicted molar refractivity (Wildman–Crippen MR) is 75.6 cm³/mol. The van der Waals surface area contributed by atoms with E-state index in [1.165, 1.54) is 44.5 Å². The summed E-state index contributed by atoms with van der Waals surface area (Å²) in [5.74, 6) is 0.897. The summed E-state index contributed by atoms with van der Waals surface area (Å²) in [5, 5.41) is 3.68. The van der Waals surface area contributed by atoms with Crippen molar-refractivity contribution in [2.45, 2.75) is 38.8 Å². The normalized spacial score (nSPS) is 28.9. The molecule has 0 spiro atoms. The van der Waals surface area contributed by atoms with Crippen molar-refractivity contribution in [3.05, 3.63) is 35.4 Å². The molecule has 2 heterocycles. The van der Waals surface area contributed by atoms with Crippen LogP contribution < -0.4 is 5.32 Å². The van der Waals surface area contributed by atoms with Gasteiger partial charge in [-0.1, -0.05) is 31.2 Å². The fraction of sp³-hybridized carbons (Fsp3) is 0.625. The largest absolute Gasteiger partial charge is 0.313 e. The fourth-order valence-corrected chi connectivity index (χ4v) is 3.38. The average molecular weight is 244 g/mol. The van der Waals surface area contributed by atoms with Crippen LogP contribution >= 0.6 is 0 Å². The van der Waals surface area contributed by atoms with E-state index in [4.69, 9.17) is 0 Å². The van der Waals surface area contributed by atoms with E-state index in [0.717, 1.165) is 12.5 Å². The Kier molecular flexibility index (Phi) is 3.67. The number of fused-ring (bicyclic) bond motifs is 1. The molecule has 2 heteroatoms. The Morgan fingerprint density at radius 1 is 1.28 bits per heavy atom. The summed E-state index contributed by atoms with van der Waals surface area (Å²) < 4.78 is 0. The lowest BCUT2D eigenvalue weighted by Gasteiger charge is -2.35. The summed E-state index contributed by atoms with van der Waals surface area (Å²) in [6.07, 6.45) is 3.91. The van der Waals surface area contributed by atoms with Crippen LogP contribution in [0.1, 0.15) is 30.9 Å². The molecule has 1 fully saturated rings. The molecule has 0 saturated carbocycles. The maximum absolute atomic E-state index is 3.68. The first-order chi connectivity index (χ1) is 8.81. The Labute approximate surface area is 110 Å². The molecule has 0 aromatic heterocycles. The lowest BCUT2D eigenvalue weighted by molar-refractivity contribution is 0.193. The summed E-state index contributed by atoms with van der Waals surface area (Å²) in [6, 6.07) is 9.62. The van der Waals surface area contributed by atoms with Crippen molar-refractivity contribution >= 4 is 0 Å². The smallest absolute Gasteiger partial charge is 0.0237 e. The zero-order chi connectivity index (χ0) is 12.4. The number of hydrogen-bond donors (Lipinski definition) is 1. The van der Waals surface area contributed by atoms with Crippen LogP contribution in [0.2, 0.25) is 0 Å². The second-order valence-electron chi connectivity index (χ2n) is 6.03. The van der Waals surface area contributed by atoms with Crippen molar-refractivity contribution in [3.8, 4) is 0 Å². The van der Waals surface area contributed by atoms with Crippen LogP contribution in [0.25, 0.3) is 0 Å². The number of piperidine rings is 1. The SMILES string of the molecule is CC1CCNC(CN2CCc3ccccc3C2)C1. The molecule has 2 aliphatic rings. The first-order valence-corrected chi connectivity index (χ1v) is 7.34. The van der Waals surface area contributed by atoms with E-state index >= 15 is 0 Å². The van der Waals surface area contributed by atoms with E-state index in [9.17, 15) is 0 Å². The van der Waals surface area contributed by atoms with E-state index in [1.807, 2.05) is 0 Å². The zero-order valence-corrected chi connectivity index (χ0v) is 11.4. The number of hydrogen-bond acceptors (Lipinski definition) is 2. The Morgan fingerprint density at radius 3 is 2.94 bits per heavy atom. The van der Waals surface area contributed by atoms with Gasteiger partial charge in [-0.15, -0.1) is 0 Å². The number of nitrogens with one attached hydrogen (secondary N) is 1. The van der Waals surface area contributed by atoms with Gasteiger partial charge in [-0.2, -0.15) is 0 Å². The van der Waals surface area contributed by atoms with Crippen molar-refractivity contribution in [3.63, 3.8) is 0 Å². The molecule has 2 unspecified atom stereocenters. The molecular formula is C16H24N2. The highest BCUT2D eigenvalue weighted by Gasteiger charge is 2.22. The van der Waals surface area contributed by atoms with Crippen molar-refractivity contribution in [1.82, 2.24) is 10.2 Å². The first-order valence-electron chi connectivity index (χ1n) is 7.34. The summed E-state index contributed by atoms with van der Waals surface area (Å²) >= 11 is 0. The van der Waals surface area contributed by atoms with Gasteiger partial charge >= 0.3 is 0 Å². The molecule has 0 radical (unpaired) electrons. The van der Waals surface area contributed by atoms with Gasteiger partial charge in [-0.25, -0.2) is 0 Å². The molecule has 2 aliphatic heterocycles. The Hall–Kier alpha value is -0.860. The lowest BCUT2D eigenvalue weighted by Crippen LogP contribution is -2.46. The summed E-state index contributed by atoms with van der Waals surface area (Å²) in [6.45, 7) is 7.18. The van der Waals surface area contributed by atoms with Crippen molar-refractivity contribution in [1.29, 1.82) is 0 Å². The Balaban J connectivity index is 1.59. The van der Waals surface area contributed by atoms with Gasteiger partial charge in [0.25, 0.3) is 0 Å². The second kappa shape index (κ2) is 5.41. The molecule has 2 atom stereocenters. The van der Waals surface area contributed by atoms with E-state index in [-0.39, 0.29) is 0 Å². The van der Waals surface area contributed by atoms with E-state index in [0.29, 0.717) is 6.04 Å². The third-order valence-corrected chi connectivity index (χ3v) is 4.45.